The Kier molecular flexibility index (Phi) is 8.53. The van der Waals surface area contributed by atoms with Crippen LogP contribution in [0.4, 0.5) is 11.4 Å². The minimum Gasteiger partial charge on any atom is -0.503 e. The van der Waals surface area contributed by atoms with Crippen molar-refractivity contribution < 1.29 is 42.1 Å². The first kappa shape index (κ1) is 27.9. The first-order valence-corrected chi connectivity index (χ1v) is 12.3. The minimum absolute atomic E-state index is 0.00421. The number of nitrogens with zero attached hydrogens (tertiary/aromatic N) is 1. The maximum atomic E-state index is 13.0. The predicted octanol–water partition coefficient (Wildman–Crippen LogP) is 4.31. The van der Waals surface area contributed by atoms with Gasteiger partial charge < -0.3 is 28.8 Å². The largest absolute Gasteiger partial charge is 0.503 e. The van der Waals surface area contributed by atoms with Crippen molar-refractivity contribution in [3.63, 3.8) is 0 Å². The second-order valence-electron chi connectivity index (χ2n) is 7.61. The average molecular weight is 547 g/mol. The maximum absolute atomic E-state index is 13.0. The summed E-state index contributed by atoms with van der Waals surface area (Å²) in [5, 5.41) is 21.9. The lowest BCUT2D eigenvalue weighted by Crippen LogP contribution is -2.14. The van der Waals surface area contributed by atoms with Gasteiger partial charge in [-0.3, -0.25) is 14.8 Å². The lowest BCUT2D eigenvalue weighted by Gasteiger charge is -2.14. The molecule has 12 nitrogen and oxygen atoms in total. The highest BCUT2D eigenvalue weighted by Gasteiger charge is 2.24. The molecule has 38 heavy (non-hydrogen) atoms. The Bertz CT molecular complexity index is 1460. The molecule has 0 aliphatic heterocycles. The summed E-state index contributed by atoms with van der Waals surface area (Å²) in [5.41, 5.74) is 0.414. The molecule has 0 saturated heterocycles. The fourth-order valence-corrected chi connectivity index (χ4v) is 4.61. The number of nitro benzene ring substituents is 1. The van der Waals surface area contributed by atoms with E-state index >= 15 is 0 Å². The van der Waals surface area contributed by atoms with E-state index in [0.29, 0.717) is 28.4 Å². The number of sulfonamides is 1. The number of benzene rings is 3. The van der Waals surface area contributed by atoms with Gasteiger partial charge in [0.15, 0.2) is 28.7 Å². The van der Waals surface area contributed by atoms with Crippen molar-refractivity contribution in [2.24, 2.45) is 0 Å². The molecule has 3 rings (SSSR count). The molecular weight excluding hydrogens is 520 g/mol. The molecule has 0 bridgehead atoms. The van der Waals surface area contributed by atoms with E-state index in [4.69, 9.17) is 23.7 Å². The van der Waals surface area contributed by atoms with E-state index in [1.54, 1.807) is 24.3 Å². The van der Waals surface area contributed by atoms with Gasteiger partial charge in [0.2, 0.25) is 5.75 Å². The molecule has 0 fully saturated rings. The summed E-state index contributed by atoms with van der Waals surface area (Å²) in [6, 6.07) is 9.50. The zero-order chi connectivity index (χ0) is 28.0. The lowest BCUT2D eigenvalue weighted by molar-refractivity contribution is -0.386. The van der Waals surface area contributed by atoms with Crippen LogP contribution in [0.15, 0.2) is 47.4 Å². The highest BCUT2D eigenvalue weighted by Crippen LogP contribution is 2.40. The Morgan fingerprint density at radius 2 is 1.32 bits per heavy atom. The summed E-state index contributed by atoms with van der Waals surface area (Å²) in [6.07, 6.45) is 3.36. The van der Waals surface area contributed by atoms with Crippen LogP contribution < -0.4 is 28.4 Å². The van der Waals surface area contributed by atoms with Crippen LogP contribution in [0.1, 0.15) is 11.1 Å². The van der Waals surface area contributed by atoms with Gasteiger partial charge in [0, 0.05) is 6.07 Å². The number of nitrogens with one attached hydrogen (secondary N) is 1. The molecule has 3 aromatic rings. The van der Waals surface area contributed by atoms with Crippen LogP contribution in [-0.4, -0.2) is 54.0 Å². The smallest absolute Gasteiger partial charge is 0.312 e. The van der Waals surface area contributed by atoms with Crippen molar-refractivity contribution in [1.82, 2.24) is 0 Å². The molecule has 2 N–H and O–H groups in total. The number of anilines is 1. The van der Waals surface area contributed by atoms with E-state index in [1.807, 2.05) is 0 Å². The van der Waals surface area contributed by atoms with Gasteiger partial charge in [0.25, 0.3) is 10.0 Å². The van der Waals surface area contributed by atoms with Crippen molar-refractivity contribution in [3.8, 4) is 34.5 Å². The van der Waals surface area contributed by atoms with E-state index in [9.17, 15) is 23.6 Å². The summed E-state index contributed by atoms with van der Waals surface area (Å²) < 4.78 is 54.5. The number of ether oxygens (including phenoxy) is 5. The van der Waals surface area contributed by atoms with Crippen molar-refractivity contribution in [1.29, 1.82) is 0 Å². The molecule has 0 aliphatic rings. The number of aromatic hydroxyl groups is 1. The number of phenols is 1. The summed E-state index contributed by atoms with van der Waals surface area (Å²) in [4.78, 5) is 10.2. The quantitative estimate of drug-likeness (QED) is 0.154. The lowest BCUT2D eigenvalue weighted by atomic mass is 10.1. The zero-order valence-electron chi connectivity index (χ0n) is 21.2. The Morgan fingerprint density at radius 1 is 0.789 bits per heavy atom. The molecule has 0 saturated carbocycles. The zero-order valence-corrected chi connectivity index (χ0v) is 22.0. The number of rotatable bonds is 11. The Labute approximate surface area is 219 Å². The normalized spacial score (nSPS) is 11.2. The number of hydrogen-bond acceptors (Lipinski definition) is 10. The van der Waals surface area contributed by atoms with Gasteiger partial charge in [-0.1, -0.05) is 12.2 Å². The molecule has 0 aliphatic carbocycles. The molecule has 0 amide bonds. The summed E-state index contributed by atoms with van der Waals surface area (Å²) in [6.45, 7) is 0. The van der Waals surface area contributed by atoms with Crippen molar-refractivity contribution >= 4 is 33.6 Å². The van der Waals surface area contributed by atoms with Gasteiger partial charge >= 0.3 is 5.69 Å². The Hall–Kier alpha value is -4.65. The number of methoxy groups -OCH3 is 5. The Morgan fingerprint density at radius 3 is 1.82 bits per heavy atom. The van der Waals surface area contributed by atoms with Crippen molar-refractivity contribution in [3.05, 3.63) is 63.7 Å². The Balaban J connectivity index is 2.01. The monoisotopic (exact) mass is 546 g/mol. The molecular formula is C25H26N2O10S. The molecule has 0 aromatic heterocycles. The highest BCUT2D eigenvalue weighted by atomic mass is 32.2. The van der Waals surface area contributed by atoms with Crippen LogP contribution in [0, 0.1) is 10.1 Å². The number of hydrogen-bond donors (Lipinski definition) is 2. The fourth-order valence-electron chi connectivity index (χ4n) is 3.53. The first-order valence-electron chi connectivity index (χ1n) is 10.8. The highest BCUT2D eigenvalue weighted by molar-refractivity contribution is 7.92. The van der Waals surface area contributed by atoms with E-state index in [1.165, 1.54) is 53.7 Å². The van der Waals surface area contributed by atoms with Crippen LogP contribution >= 0.6 is 0 Å². The average Bonchev–Trinajstić information content (AvgIpc) is 2.91. The molecule has 202 valence electrons. The van der Waals surface area contributed by atoms with Gasteiger partial charge in [0.05, 0.1) is 51.1 Å². The van der Waals surface area contributed by atoms with Crippen LogP contribution in [0.5, 0.6) is 34.5 Å². The van der Waals surface area contributed by atoms with Crippen molar-refractivity contribution in [2.45, 2.75) is 4.90 Å². The molecule has 0 unspecified atom stereocenters. The van der Waals surface area contributed by atoms with E-state index in [0.717, 1.165) is 12.1 Å². The topological polar surface area (TPSA) is 156 Å². The maximum Gasteiger partial charge on any atom is 0.312 e. The predicted molar refractivity (Wildman–Crippen MR) is 140 cm³/mol. The molecule has 13 heteroatoms. The second-order valence-corrected chi connectivity index (χ2v) is 9.29. The molecule has 3 aromatic carbocycles. The van der Waals surface area contributed by atoms with E-state index < -0.39 is 31.3 Å². The minimum atomic E-state index is -4.35. The third kappa shape index (κ3) is 5.83. The molecule has 0 spiro atoms. The van der Waals surface area contributed by atoms with Gasteiger partial charge in [-0.2, -0.15) is 0 Å². The standard InChI is InChI=1S/C25H26N2O10S/c1-33-20-9-8-17(14-19(20)27(29)30)38(31,32)26-18-10-15(11-21(34-2)24(18)28)6-7-16-12-22(35-3)25(37-5)23(13-16)36-4/h6-14,26,28H,1-5H3/b7-6-. The van der Waals surface area contributed by atoms with Crippen LogP contribution in [0.2, 0.25) is 0 Å². The van der Waals surface area contributed by atoms with Crippen molar-refractivity contribution in [2.75, 3.05) is 40.3 Å². The van der Waals surface area contributed by atoms with Gasteiger partial charge in [-0.25, -0.2) is 8.42 Å². The molecule has 0 heterocycles. The number of phenolic OH excluding ortho intramolecular Hbond substituents is 1. The second kappa shape index (κ2) is 11.6. The summed E-state index contributed by atoms with van der Waals surface area (Å²) in [5.74, 6) is 0.736. The third-order valence-electron chi connectivity index (χ3n) is 5.37. The SMILES string of the molecule is COc1ccc(S(=O)(=O)Nc2cc(/C=C\c3cc(OC)c(OC)c(OC)c3)cc(OC)c2O)cc1[N+](=O)[O-]. The van der Waals surface area contributed by atoms with Crippen LogP contribution in [0.3, 0.4) is 0 Å². The van der Waals surface area contributed by atoms with E-state index in [2.05, 4.69) is 4.72 Å². The van der Waals surface area contributed by atoms with Gasteiger partial charge in [-0.15, -0.1) is 0 Å². The van der Waals surface area contributed by atoms with Gasteiger partial charge in [0.1, 0.15) is 0 Å². The van der Waals surface area contributed by atoms with E-state index in [-0.39, 0.29) is 17.2 Å². The van der Waals surface area contributed by atoms with Gasteiger partial charge in [-0.05, 0) is 47.5 Å². The first-order chi connectivity index (χ1) is 18.1. The molecule has 0 atom stereocenters. The van der Waals surface area contributed by atoms with Crippen LogP contribution in [0.25, 0.3) is 12.2 Å². The summed E-state index contributed by atoms with van der Waals surface area (Å²) >= 11 is 0. The molecule has 0 radical (unpaired) electrons. The summed E-state index contributed by atoms with van der Waals surface area (Å²) in [7, 11) is 2.67. The van der Waals surface area contributed by atoms with Crippen LogP contribution in [-0.2, 0) is 10.0 Å². The fraction of sp³-hybridized carbons (Fsp3) is 0.200. The number of nitro groups is 1. The third-order valence-corrected chi connectivity index (χ3v) is 6.74.